The highest BCUT2D eigenvalue weighted by atomic mass is 16.6. The molecule has 23 heavy (non-hydrogen) atoms. The van der Waals surface area contributed by atoms with Crippen molar-refractivity contribution in [2.24, 2.45) is 0 Å². The number of nitrogens with zero attached hydrogens (tertiary/aromatic N) is 1. The minimum absolute atomic E-state index is 0.0915. The average Bonchev–Trinajstić information content (AvgIpc) is 2.49. The maximum absolute atomic E-state index is 11.6. The molecule has 9 heteroatoms. The van der Waals surface area contributed by atoms with Crippen molar-refractivity contribution in [3.05, 3.63) is 46.0 Å². The molecule has 0 fully saturated rings. The molecule has 0 bridgehead atoms. The summed E-state index contributed by atoms with van der Waals surface area (Å²) in [6, 6.07) is 4.09. The molecule has 0 aromatic heterocycles. The zero-order valence-corrected chi connectivity index (χ0v) is 11.8. The van der Waals surface area contributed by atoms with Gasteiger partial charge < -0.3 is 15.5 Å². The third kappa shape index (κ3) is 6.38. The van der Waals surface area contributed by atoms with E-state index in [1.165, 1.54) is 30.3 Å². The molecule has 0 saturated heterocycles. The first kappa shape index (κ1) is 17.8. The largest absolute Gasteiger partial charge is 0.481 e. The fourth-order valence-corrected chi connectivity index (χ4v) is 1.62. The second kappa shape index (κ2) is 8.27. The summed E-state index contributed by atoms with van der Waals surface area (Å²) in [5, 5.41) is 30.1. The van der Waals surface area contributed by atoms with Crippen molar-refractivity contribution in [2.45, 2.75) is 18.9 Å². The predicted octanol–water partition coefficient (Wildman–Crippen LogP) is 1.04. The van der Waals surface area contributed by atoms with E-state index in [1.807, 2.05) is 0 Å². The highest BCUT2D eigenvalue weighted by molar-refractivity contribution is 5.94. The Morgan fingerprint density at radius 2 is 1.83 bits per heavy atom. The van der Waals surface area contributed by atoms with Crippen LogP contribution >= 0.6 is 0 Å². The number of amides is 1. The van der Waals surface area contributed by atoms with E-state index < -0.39 is 28.8 Å². The van der Waals surface area contributed by atoms with Crippen molar-refractivity contribution in [1.82, 2.24) is 5.32 Å². The van der Waals surface area contributed by atoms with Gasteiger partial charge in [0.1, 0.15) is 6.04 Å². The predicted molar refractivity (Wildman–Crippen MR) is 78.6 cm³/mol. The van der Waals surface area contributed by atoms with Crippen molar-refractivity contribution < 1.29 is 29.5 Å². The highest BCUT2D eigenvalue weighted by Crippen LogP contribution is 2.12. The summed E-state index contributed by atoms with van der Waals surface area (Å²) < 4.78 is 0. The van der Waals surface area contributed by atoms with Crippen LogP contribution in [0.3, 0.4) is 0 Å². The molecule has 0 aliphatic rings. The third-order valence-electron chi connectivity index (χ3n) is 2.79. The Hall–Kier alpha value is -3.23. The first-order valence-corrected chi connectivity index (χ1v) is 6.47. The summed E-state index contributed by atoms with van der Waals surface area (Å²) in [7, 11) is 0. The fourth-order valence-electron chi connectivity index (χ4n) is 1.62. The number of nitrogens with one attached hydrogen (secondary N) is 1. The molecule has 1 atom stereocenters. The van der Waals surface area contributed by atoms with E-state index in [2.05, 4.69) is 5.32 Å². The SMILES string of the molecule is O=C(O)CCC(NC(=O)/C=C/c1ccc([N+](=O)[O-])cc1)C(=O)O. The van der Waals surface area contributed by atoms with Gasteiger partial charge in [-0.3, -0.25) is 19.7 Å². The van der Waals surface area contributed by atoms with Crippen LogP contribution in [-0.2, 0) is 14.4 Å². The van der Waals surface area contributed by atoms with E-state index in [9.17, 15) is 24.5 Å². The first-order chi connectivity index (χ1) is 10.8. The van der Waals surface area contributed by atoms with Gasteiger partial charge in [0.15, 0.2) is 0 Å². The molecule has 1 unspecified atom stereocenters. The normalized spacial score (nSPS) is 11.8. The molecule has 9 nitrogen and oxygen atoms in total. The van der Waals surface area contributed by atoms with E-state index >= 15 is 0 Å². The van der Waals surface area contributed by atoms with E-state index in [-0.39, 0.29) is 18.5 Å². The maximum Gasteiger partial charge on any atom is 0.326 e. The quantitative estimate of drug-likeness (QED) is 0.368. The topological polar surface area (TPSA) is 147 Å². The minimum atomic E-state index is -1.33. The van der Waals surface area contributed by atoms with E-state index in [1.54, 1.807) is 0 Å². The number of non-ortho nitro benzene ring substituents is 1. The van der Waals surface area contributed by atoms with Gasteiger partial charge >= 0.3 is 11.9 Å². The molecule has 0 spiro atoms. The number of hydrogen-bond acceptors (Lipinski definition) is 5. The van der Waals surface area contributed by atoms with Crippen LogP contribution in [0.25, 0.3) is 6.08 Å². The Labute approximate surface area is 130 Å². The second-order valence-corrected chi connectivity index (χ2v) is 4.51. The Balaban J connectivity index is 2.64. The molecule has 1 rings (SSSR count). The van der Waals surface area contributed by atoms with Crippen molar-refractivity contribution in [1.29, 1.82) is 0 Å². The first-order valence-electron chi connectivity index (χ1n) is 6.47. The number of rotatable bonds is 8. The lowest BCUT2D eigenvalue weighted by molar-refractivity contribution is -0.384. The minimum Gasteiger partial charge on any atom is -0.481 e. The van der Waals surface area contributed by atoms with E-state index in [0.717, 1.165) is 6.08 Å². The monoisotopic (exact) mass is 322 g/mol. The Morgan fingerprint density at radius 3 is 2.30 bits per heavy atom. The number of benzene rings is 1. The molecule has 1 aromatic carbocycles. The lowest BCUT2D eigenvalue weighted by Gasteiger charge is -2.11. The number of hydrogen-bond donors (Lipinski definition) is 3. The zero-order chi connectivity index (χ0) is 17.4. The molecular formula is C14H14N2O7. The third-order valence-corrected chi connectivity index (χ3v) is 2.79. The number of nitro benzene ring substituents is 1. The zero-order valence-electron chi connectivity index (χ0n) is 11.8. The molecule has 0 radical (unpaired) electrons. The van der Waals surface area contributed by atoms with Crippen LogP contribution in [-0.4, -0.2) is 39.0 Å². The molecule has 3 N–H and O–H groups in total. The van der Waals surface area contributed by atoms with Crippen LogP contribution < -0.4 is 5.32 Å². The van der Waals surface area contributed by atoms with Gasteiger partial charge in [-0.1, -0.05) is 0 Å². The molecule has 0 aliphatic heterocycles. The lowest BCUT2D eigenvalue weighted by atomic mass is 10.1. The number of carbonyl (C=O) groups is 3. The van der Waals surface area contributed by atoms with Crippen LogP contribution in [0.4, 0.5) is 5.69 Å². The van der Waals surface area contributed by atoms with E-state index in [4.69, 9.17) is 10.2 Å². The molecule has 1 amide bonds. The maximum atomic E-state index is 11.6. The van der Waals surface area contributed by atoms with Crippen LogP contribution in [0.1, 0.15) is 18.4 Å². The molecular weight excluding hydrogens is 308 g/mol. The van der Waals surface area contributed by atoms with Gasteiger partial charge in [0.25, 0.3) is 5.69 Å². The van der Waals surface area contributed by atoms with Gasteiger partial charge in [-0.05, 0) is 30.2 Å². The van der Waals surface area contributed by atoms with Gasteiger partial charge in [-0.25, -0.2) is 4.79 Å². The second-order valence-electron chi connectivity index (χ2n) is 4.51. The fraction of sp³-hybridized carbons (Fsp3) is 0.214. The van der Waals surface area contributed by atoms with Crippen molar-refractivity contribution in [3.63, 3.8) is 0 Å². The van der Waals surface area contributed by atoms with Crippen LogP contribution in [0.2, 0.25) is 0 Å². The lowest BCUT2D eigenvalue weighted by Crippen LogP contribution is -2.40. The average molecular weight is 322 g/mol. The highest BCUT2D eigenvalue weighted by Gasteiger charge is 2.19. The number of aliphatic carboxylic acids is 2. The van der Waals surface area contributed by atoms with Gasteiger partial charge in [0, 0.05) is 24.6 Å². The van der Waals surface area contributed by atoms with Gasteiger partial charge in [0.05, 0.1) is 4.92 Å². The number of carboxylic acids is 2. The number of carboxylic acid groups (broad SMARTS) is 2. The van der Waals surface area contributed by atoms with Crippen LogP contribution in [0.15, 0.2) is 30.3 Å². The van der Waals surface area contributed by atoms with Crippen molar-refractivity contribution in [2.75, 3.05) is 0 Å². The molecule has 122 valence electrons. The summed E-state index contributed by atoms with van der Waals surface area (Å²) in [6.07, 6.45) is 1.80. The number of carbonyl (C=O) groups excluding carboxylic acids is 1. The molecule has 0 saturated carbocycles. The Bertz CT molecular complexity index is 637. The van der Waals surface area contributed by atoms with Crippen LogP contribution in [0, 0.1) is 10.1 Å². The van der Waals surface area contributed by atoms with Crippen molar-refractivity contribution in [3.8, 4) is 0 Å². The number of nitro groups is 1. The van der Waals surface area contributed by atoms with Gasteiger partial charge in [0.2, 0.25) is 5.91 Å². The smallest absolute Gasteiger partial charge is 0.326 e. The van der Waals surface area contributed by atoms with Crippen molar-refractivity contribution >= 4 is 29.6 Å². The van der Waals surface area contributed by atoms with Gasteiger partial charge in [-0.15, -0.1) is 0 Å². The van der Waals surface area contributed by atoms with E-state index in [0.29, 0.717) is 5.56 Å². The summed E-state index contributed by atoms with van der Waals surface area (Å²) in [4.78, 5) is 42.9. The molecule has 0 heterocycles. The summed E-state index contributed by atoms with van der Waals surface area (Å²) in [6.45, 7) is 0. The standard InChI is InChI=1S/C14H14N2O7/c17-12(15-11(14(20)21)6-8-13(18)19)7-3-9-1-4-10(5-2-9)16(22)23/h1-5,7,11H,6,8H2,(H,15,17)(H,18,19)(H,20,21)/b7-3+. The summed E-state index contributed by atoms with van der Waals surface area (Å²) >= 11 is 0. The van der Waals surface area contributed by atoms with Crippen LogP contribution in [0.5, 0.6) is 0 Å². The Kier molecular flexibility index (Phi) is 6.41. The van der Waals surface area contributed by atoms with Gasteiger partial charge in [-0.2, -0.15) is 0 Å². The Morgan fingerprint density at radius 1 is 1.22 bits per heavy atom. The summed E-state index contributed by atoms with van der Waals surface area (Å²) in [5.41, 5.74) is 0.425. The summed E-state index contributed by atoms with van der Waals surface area (Å²) in [5.74, 6) is -3.20. The molecule has 1 aromatic rings. The molecule has 0 aliphatic carbocycles.